The highest BCUT2D eigenvalue weighted by molar-refractivity contribution is 5.99. The first-order chi connectivity index (χ1) is 9.31. The Morgan fingerprint density at radius 3 is 3.21 bits per heavy atom. The van der Waals surface area contributed by atoms with Gasteiger partial charge in [0.1, 0.15) is 5.56 Å². The molecule has 0 unspecified atom stereocenters. The first-order valence-electron chi connectivity index (χ1n) is 6.90. The second kappa shape index (κ2) is 4.99. The number of rotatable bonds is 2. The summed E-state index contributed by atoms with van der Waals surface area (Å²) in [6, 6.07) is 2.17. The number of likely N-dealkylation sites (tertiary alicyclic amines) is 1. The maximum Gasteiger partial charge on any atom is 0.259 e. The number of nitrogens with zero attached hydrogens (tertiary/aromatic N) is 4. The summed E-state index contributed by atoms with van der Waals surface area (Å²) >= 11 is 0. The smallest absolute Gasteiger partial charge is 0.259 e. The van der Waals surface area contributed by atoms with Gasteiger partial charge in [-0.25, -0.2) is 9.50 Å². The van der Waals surface area contributed by atoms with Gasteiger partial charge in [0.2, 0.25) is 0 Å². The van der Waals surface area contributed by atoms with Crippen LogP contribution in [0.25, 0.3) is 5.65 Å². The van der Waals surface area contributed by atoms with E-state index in [1.807, 2.05) is 17.2 Å². The molecule has 0 spiro atoms. The Bertz CT molecular complexity index is 592. The molecule has 19 heavy (non-hydrogen) atoms. The van der Waals surface area contributed by atoms with Crippen LogP contribution in [0.4, 0.5) is 0 Å². The molecular formula is C14H18N4O. The van der Waals surface area contributed by atoms with E-state index in [1.165, 1.54) is 6.42 Å². The molecule has 1 aliphatic rings. The highest BCUT2D eigenvalue weighted by Gasteiger charge is 2.28. The monoisotopic (exact) mass is 258 g/mol. The molecule has 100 valence electrons. The summed E-state index contributed by atoms with van der Waals surface area (Å²) < 4.78 is 1.65. The van der Waals surface area contributed by atoms with Gasteiger partial charge < -0.3 is 4.90 Å². The molecule has 2 aromatic heterocycles. The summed E-state index contributed by atoms with van der Waals surface area (Å²) in [5.41, 5.74) is 1.26. The average Bonchev–Trinajstić information content (AvgIpc) is 2.90. The largest absolute Gasteiger partial charge is 0.336 e. The van der Waals surface area contributed by atoms with Crippen molar-refractivity contribution in [2.45, 2.75) is 38.6 Å². The normalized spacial score (nSPS) is 19.8. The minimum absolute atomic E-state index is 0.0697. The molecule has 1 amide bonds. The molecule has 1 fully saturated rings. The van der Waals surface area contributed by atoms with Crippen LogP contribution in [0.2, 0.25) is 0 Å². The molecule has 0 radical (unpaired) electrons. The molecule has 5 heteroatoms. The molecule has 0 N–H and O–H groups in total. The van der Waals surface area contributed by atoms with Crippen LogP contribution >= 0.6 is 0 Å². The zero-order chi connectivity index (χ0) is 13.2. The van der Waals surface area contributed by atoms with E-state index in [2.05, 4.69) is 17.0 Å². The van der Waals surface area contributed by atoms with Gasteiger partial charge in [0.15, 0.2) is 5.65 Å². The summed E-state index contributed by atoms with van der Waals surface area (Å²) in [6.07, 6.45) is 9.57. The van der Waals surface area contributed by atoms with E-state index in [1.54, 1.807) is 16.9 Å². The minimum atomic E-state index is 0.0697. The predicted molar refractivity (Wildman–Crippen MR) is 72.0 cm³/mol. The van der Waals surface area contributed by atoms with Crippen LogP contribution in [0, 0.1) is 0 Å². The minimum Gasteiger partial charge on any atom is -0.336 e. The topological polar surface area (TPSA) is 50.5 Å². The molecule has 1 saturated heterocycles. The molecule has 0 bridgehead atoms. The lowest BCUT2D eigenvalue weighted by atomic mass is 9.99. The molecule has 0 saturated carbocycles. The summed E-state index contributed by atoms with van der Waals surface area (Å²) in [4.78, 5) is 18.9. The molecule has 0 aromatic carbocycles. The standard InChI is InChI=1S/C14H18N4O/c1-2-11-6-3-4-8-17(11)14(19)12-10-16-18-9-5-7-15-13(12)18/h5,7,9-11H,2-4,6,8H2,1H3/t11-/m0/s1. The van der Waals surface area contributed by atoms with E-state index in [9.17, 15) is 4.79 Å². The van der Waals surface area contributed by atoms with Gasteiger partial charge in [0.05, 0.1) is 6.20 Å². The van der Waals surface area contributed by atoms with Gasteiger partial charge in [0, 0.05) is 25.0 Å². The van der Waals surface area contributed by atoms with E-state index >= 15 is 0 Å². The van der Waals surface area contributed by atoms with Crippen LogP contribution in [0.15, 0.2) is 24.7 Å². The highest BCUT2D eigenvalue weighted by atomic mass is 16.2. The van der Waals surface area contributed by atoms with Crippen LogP contribution in [-0.4, -0.2) is 38.0 Å². The number of carbonyl (C=O) groups is 1. The Balaban J connectivity index is 1.94. The fourth-order valence-corrected chi connectivity index (χ4v) is 2.83. The Labute approximate surface area is 112 Å². The quantitative estimate of drug-likeness (QED) is 0.829. The summed E-state index contributed by atoms with van der Waals surface area (Å²) in [6.45, 7) is 2.99. The summed E-state index contributed by atoms with van der Waals surface area (Å²) in [7, 11) is 0. The molecule has 1 aliphatic heterocycles. The van der Waals surface area contributed by atoms with Crippen LogP contribution in [0.3, 0.4) is 0 Å². The van der Waals surface area contributed by atoms with Crippen molar-refractivity contribution in [3.8, 4) is 0 Å². The van der Waals surface area contributed by atoms with Gasteiger partial charge in [-0.3, -0.25) is 4.79 Å². The number of fused-ring (bicyclic) bond motifs is 1. The third-order valence-corrected chi connectivity index (χ3v) is 3.87. The first-order valence-corrected chi connectivity index (χ1v) is 6.90. The van der Waals surface area contributed by atoms with E-state index in [0.717, 1.165) is 25.8 Å². The van der Waals surface area contributed by atoms with Crippen molar-refractivity contribution in [1.82, 2.24) is 19.5 Å². The SMILES string of the molecule is CC[C@H]1CCCCN1C(=O)c1cnn2cccnc12. The van der Waals surface area contributed by atoms with Crippen molar-refractivity contribution in [2.24, 2.45) is 0 Å². The van der Waals surface area contributed by atoms with Gasteiger partial charge in [-0.05, 0) is 31.7 Å². The number of aromatic nitrogens is 3. The van der Waals surface area contributed by atoms with E-state index < -0.39 is 0 Å². The lowest BCUT2D eigenvalue weighted by Gasteiger charge is -2.35. The van der Waals surface area contributed by atoms with Crippen LogP contribution in [0.1, 0.15) is 43.0 Å². The maximum atomic E-state index is 12.7. The summed E-state index contributed by atoms with van der Waals surface area (Å²) in [5, 5.41) is 4.19. The lowest BCUT2D eigenvalue weighted by molar-refractivity contribution is 0.0610. The zero-order valence-electron chi connectivity index (χ0n) is 11.1. The fraction of sp³-hybridized carbons (Fsp3) is 0.500. The molecule has 5 nitrogen and oxygen atoms in total. The van der Waals surface area contributed by atoms with Gasteiger partial charge in [-0.1, -0.05) is 6.92 Å². The molecule has 3 rings (SSSR count). The zero-order valence-corrected chi connectivity index (χ0v) is 11.1. The van der Waals surface area contributed by atoms with Crippen molar-refractivity contribution in [2.75, 3.05) is 6.54 Å². The molecule has 1 atom stereocenters. The molecule has 2 aromatic rings. The number of hydrogen-bond donors (Lipinski definition) is 0. The second-order valence-corrected chi connectivity index (χ2v) is 5.00. The third kappa shape index (κ3) is 2.09. The van der Waals surface area contributed by atoms with Crippen LogP contribution in [-0.2, 0) is 0 Å². The van der Waals surface area contributed by atoms with Gasteiger partial charge >= 0.3 is 0 Å². The number of amides is 1. The fourth-order valence-electron chi connectivity index (χ4n) is 2.83. The Morgan fingerprint density at radius 1 is 1.47 bits per heavy atom. The van der Waals surface area contributed by atoms with Crippen molar-refractivity contribution in [3.05, 3.63) is 30.2 Å². The van der Waals surface area contributed by atoms with Gasteiger partial charge in [-0.2, -0.15) is 5.10 Å². The Morgan fingerprint density at radius 2 is 2.37 bits per heavy atom. The van der Waals surface area contributed by atoms with Crippen molar-refractivity contribution in [1.29, 1.82) is 0 Å². The highest BCUT2D eigenvalue weighted by Crippen LogP contribution is 2.22. The van der Waals surface area contributed by atoms with E-state index in [-0.39, 0.29) is 5.91 Å². The van der Waals surface area contributed by atoms with Crippen LogP contribution < -0.4 is 0 Å². The Hall–Kier alpha value is -1.91. The molecule has 0 aliphatic carbocycles. The third-order valence-electron chi connectivity index (χ3n) is 3.87. The second-order valence-electron chi connectivity index (χ2n) is 5.00. The number of carbonyl (C=O) groups excluding carboxylic acids is 1. The lowest BCUT2D eigenvalue weighted by Crippen LogP contribution is -2.43. The summed E-state index contributed by atoms with van der Waals surface area (Å²) in [5.74, 6) is 0.0697. The van der Waals surface area contributed by atoms with Crippen LogP contribution in [0.5, 0.6) is 0 Å². The molecular weight excluding hydrogens is 240 g/mol. The van der Waals surface area contributed by atoms with E-state index in [4.69, 9.17) is 0 Å². The molecule has 3 heterocycles. The van der Waals surface area contributed by atoms with Gasteiger partial charge in [0.25, 0.3) is 5.91 Å². The van der Waals surface area contributed by atoms with E-state index in [0.29, 0.717) is 17.3 Å². The van der Waals surface area contributed by atoms with Crippen molar-refractivity contribution in [3.63, 3.8) is 0 Å². The number of piperidine rings is 1. The maximum absolute atomic E-state index is 12.7. The Kier molecular flexibility index (Phi) is 3.19. The number of hydrogen-bond acceptors (Lipinski definition) is 3. The van der Waals surface area contributed by atoms with Gasteiger partial charge in [-0.15, -0.1) is 0 Å². The van der Waals surface area contributed by atoms with Crippen molar-refractivity contribution >= 4 is 11.6 Å². The average molecular weight is 258 g/mol. The van der Waals surface area contributed by atoms with Crippen molar-refractivity contribution < 1.29 is 4.79 Å². The predicted octanol–water partition coefficient (Wildman–Crippen LogP) is 2.13. The first kappa shape index (κ1) is 12.1.